The number of nitrogens with zero attached hydrogens (tertiary/aromatic N) is 1. The standard InChI is InChI=1S/C22H28N2O2/c1-23-18-7-8-21(24-15-18)26-19-9-11-22(12-10-19)13-20(14-22)25-16-17-5-3-2-4-6-17/h2-8,15,19-20,23H,9-14,16H2,1H3. The summed E-state index contributed by atoms with van der Waals surface area (Å²) in [6.45, 7) is 0.738. The maximum atomic E-state index is 6.09. The Hall–Kier alpha value is -2.07. The first kappa shape index (κ1) is 17.3. The van der Waals surface area contributed by atoms with E-state index < -0.39 is 0 Å². The van der Waals surface area contributed by atoms with E-state index in [0.717, 1.165) is 31.0 Å². The smallest absolute Gasteiger partial charge is 0.213 e. The zero-order chi connectivity index (χ0) is 17.8. The number of pyridine rings is 1. The molecule has 1 spiro atoms. The van der Waals surface area contributed by atoms with Crippen molar-refractivity contribution in [3.63, 3.8) is 0 Å². The van der Waals surface area contributed by atoms with Crippen molar-refractivity contribution < 1.29 is 9.47 Å². The molecule has 0 aliphatic heterocycles. The van der Waals surface area contributed by atoms with Crippen molar-refractivity contribution in [1.29, 1.82) is 0 Å². The molecule has 0 bridgehead atoms. The summed E-state index contributed by atoms with van der Waals surface area (Å²) < 4.78 is 12.2. The summed E-state index contributed by atoms with van der Waals surface area (Å²) in [5.41, 5.74) is 2.78. The molecule has 4 nitrogen and oxygen atoms in total. The van der Waals surface area contributed by atoms with Gasteiger partial charge in [-0.25, -0.2) is 4.98 Å². The largest absolute Gasteiger partial charge is 0.474 e. The Morgan fingerprint density at radius 3 is 2.46 bits per heavy atom. The molecule has 2 fully saturated rings. The van der Waals surface area contributed by atoms with Gasteiger partial charge in [-0.15, -0.1) is 0 Å². The third-order valence-electron chi connectivity index (χ3n) is 5.96. The van der Waals surface area contributed by atoms with Gasteiger partial charge >= 0.3 is 0 Å². The van der Waals surface area contributed by atoms with Gasteiger partial charge in [0, 0.05) is 13.1 Å². The van der Waals surface area contributed by atoms with E-state index in [2.05, 4.69) is 34.6 Å². The lowest BCUT2D eigenvalue weighted by Gasteiger charge is -2.51. The highest BCUT2D eigenvalue weighted by Crippen LogP contribution is 2.53. The van der Waals surface area contributed by atoms with Crippen molar-refractivity contribution in [2.24, 2.45) is 5.41 Å². The van der Waals surface area contributed by atoms with Gasteiger partial charge in [-0.3, -0.25) is 0 Å². The highest BCUT2D eigenvalue weighted by Gasteiger charge is 2.46. The lowest BCUT2D eigenvalue weighted by molar-refractivity contribution is -0.112. The van der Waals surface area contributed by atoms with Gasteiger partial charge in [0.05, 0.1) is 24.6 Å². The van der Waals surface area contributed by atoms with Gasteiger partial charge in [0.1, 0.15) is 6.10 Å². The number of hydrogen-bond donors (Lipinski definition) is 1. The Balaban J connectivity index is 1.19. The number of hydrogen-bond acceptors (Lipinski definition) is 4. The number of aromatic nitrogens is 1. The van der Waals surface area contributed by atoms with Crippen LogP contribution in [-0.2, 0) is 11.3 Å². The summed E-state index contributed by atoms with van der Waals surface area (Å²) in [5.74, 6) is 0.739. The molecule has 2 aromatic rings. The van der Waals surface area contributed by atoms with Crippen LogP contribution in [0.3, 0.4) is 0 Å². The fraction of sp³-hybridized carbons (Fsp3) is 0.500. The first-order valence-corrected chi connectivity index (χ1v) is 9.71. The molecule has 2 aliphatic rings. The predicted octanol–water partition coefficient (Wildman–Crippen LogP) is 4.81. The van der Waals surface area contributed by atoms with Crippen molar-refractivity contribution in [3.8, 4) is 5.88 Å². The monoisotopic (exact) mass is 352 g/mol. The molecule has 1 heterocycles. The second-order valence-electron chi connectivity index (χ2n) is 7.78. The Labute approximate surface area is 155 Å². The molecule has 0 saturated heterocycles. The molecule has 2 saturated carbocycles. The van der Waals surface area contributed by atoms with E-state index in [9.17, 15) is 0 Å². The lowest BCUT2D eigenvalue weighted by atomic mass is 9.59. The van der Waals surface area contributed by atoms with Gasteiger partial charge in [0.25, 0.3) is 0 Å². The first-order chi connectivity index (χ1) is 12.7. The van der Waals surface area contributed by atoms with Crippen molar-refractivity contribution in [1.82, 2.24) is 4.98 Å². The second kappa shape index (κ2) is 7.67. The zero-order valence-corrected chi connectivity index (χ0v) is 15.5. The van der Waals surface area contributed by atoms with Gasteiger partial charge in [0.2, 0.25) is 5.88 Å². The highest BCUT2D eigenvalue weighted by molar-refractivity contribution is 5.41. The molecule has 1 aromatic heterocycles. The van der Waals surface area contributed by atoms with E-state index in [1.807, 2.05) is 31.4 Å². The van der Waals surface area contributed by atoms with E-state index in [4.69, 9.17) is 9.47 Å². The lowest BCUT2D eigenvalue weighted by Crippen LogP contribution is -2.46. The van der Waals surface area contributed by atoms with E-state index in [0.29, 0.717) is 17.6 Å². The molecular weight excluding hydrogens is 324 g/mol. The van der Waals surface area contributed by atoms with Crippen LogP contribution >= 0.6 is 0 Å². The summed E-state index contributed by atoms with van der Waals surface area (Å²) >= 11 is 0. The Bertz CT molecular complexity index is 686. The minimum Gasteiger partial charge on any atom is -0.474 e. The van der Waals surface area contributed by atoms with Crippen LogP contribution in [0.25, 0.3) is 0 Å². The van der Waals surface area contributed by atoms with Gasteiger partial charge in [-0.1, -0.05) is 30.3 Å². The fourth-order valence-corrected chi connectivity index (χ4v) is 4.31. The highest BCUT2D eigenvalue weighted by atomic mass is 16.5. The number of nitrogens with one attached hydrogen (secondary N) is 1. The molecular formula is C22H28N2O2. The van der Waals surface area contributed by atoms with Crippen LogP contribution in [0.5, 0.6) is 5.88 Å². The van der Waals surface area contributed by atoms with Crippen LogP contribution < -0.4 is 10.1 Å². The molecule has 2 aliphatic carbocycles. The summed E-state index contributed by atoms with van der Waals surface area (Å²) in [6, 6.07) is 14.4. The van der Waals surface area contributed by atoms with E-state index >= 15 is 0 Å². The summed E-state index contributed by atoms with van der Waals surface area (Å²) in [4.78, 5) is 4.37. The van der Waals surface area contributed by atoms with E-state index in [-0.39, 0.29) is 0 Å². The number of rotatable bonds is 6. The van der Waals surface area contributed by atoms with Gasteiger partial charge in [0.15, 0.2) is 0 Å². The first-order valence-electron chi connectivity index (χ1n) is 9.71. The molecule has 4 rings (SSSR count). The van der Waals surface area contributed by atoms with Gasteiger partial charge < -0.3 is 14.8 Å². The third kappa shape index (κ3) is 4.01. The molecule has 26 heavy (non-hydrogen) atoms. The summed E-state index contributed by atoms with van der Waals surface area (Å²) in [5, 5.41) is 3.08. The van der Waals surface area contributed by atoms with Crippen LogP contribution in [0.1, 0.15) is 44.1 Å². The molecule has 1 N–H and O–H groups in total. The molecule has 0 amide bonds. The number of ether oxygens (including phenoxy) is 2. The van der Waals surface area contributed by atoms with Crippen LogP contribution in [0.15, 0.2) is 48.7 Å². The van der Waals surface area contributed by atoms with E-state index in [1.54, 1.807) is 0 Å². The maximum absolute atomic E-state index is 6.09. The number of benzene rings is 1. The van der Waals surface area contributed by atoms with Crippen LogP contribution in [0, 0.1) is 5.41 Å². The average Bonchev–Trinajstić information content (AvgIpc) is 2.67. The Morgan fingerprint density at radius 2 is 1.81 bits per heavy atom. The molecule has 138 valence electrons. The van der Waals surface area contributed by atoms with Crippen molar-refractivity contribution >= 4 is 5.69 Å². The number of anilines is 1. The molecule has 0 radical (unpaired) electrons. The zero-order valence-electron chi connectivity index (χ0n) is 15.5. The van der Waals surface area contributed by atoms with Gasteiger partial charge in [-0.2, -0.15) is 0 Å². The van der Waals surface area contributed by atoms with E-state index in [1.165, 1.54) is 31.2 Å². The molecule has 4 heteroatoms. The average molecular weight is 352 g/mol. The predicted molar refractivity (Wildman–Crippen MR) is 103 cm³/mol. The van der Waals surface area contributed by atoms with Crippen LogP contribution in [0.4, 0.5) is 5.69 Å². The summed E-state index contributed by atoms with van der Waals surface area (Å²) in [6.07, 6.45) is 9.72. The fourth-order valence-electron chi connectivity index (χ4n) is 4.31. The van der Waals surface area contributed by atoms with Crippen LogP contribution in [0.2, 0.25) is 0 Å². The molecule has 0 atom stereocenters. The maximum Gasteiger partial charge on any atom is 0.213 e. The quantitative estimate of drug-likeness (QED) is 0.810. The topological polar surface area (TPSA) is 43.4 Å². The summed E-state index contributed by atoms with van der Waals surface area (Å²) in [7, 11) is 1.90. The second-order valence-corrected chi connectivity index (χ2v) is 7.78. The van der Waals surface area contributed by atoms with Gasteiger partial charge in [-0.05, 0) is 55.6 Å². The minimum atomic E-state index is 0.304. The molecule has 0 unspecified atom stereocenters. The normalized spacial score (nSPS) is 27.7. The minimum absolute atomic E-state index is 0.304. The Kier molecular flexibility index (Phi) is 5.11. The Morgan fingerprint density at radius 1 is 1.04 bits per heavy atom. The molecule has 1 aromatic carbocycles. The van der Waals surface area contributed by atoms with Crippen molar-refractivity contribution in [2.75, 3.05) is 12.4 Å². The van der Waals surface area contributed by atoms with Crippen molar-refractivity contribution in [2.45, 2.75) is 57.3 Å². The third-order valence-corrected chi connectivity index (χ3v) is 5.96. The SMILES string of the molecule is CNc1ccc(OC2CCC3(CC2)CC(OCc2ccccc2)C3)nc1. The van der Waals surface area contributed by atoms with Crippen LogP contribution in [-0.4, -0.2) is 24.2 Å². The van der Waals surface area contributed by atoms with Crippen molar-refractivity contribution in [3.05, 3.63) is 54.2 Å².